The molecule has 0 aliphatic carbocycles. The Bertz CT molecular complexity index is 1950. The topological polar surface area (TPSA) is 154 Å². The van der Waals surface area contributed by atoms with Crippen LogP contribution in [0.25, 0.3) is 0 Å². The number of anilines is 1. The minimum absolute atomic E-state index is 0.00848. The number of piperazine rings is 1. The molecule has 4 heterocycles. The van der Waals surface area contributed by atoms with Gasteiger partial charge in [0.2, 0.25) is 5.91 Å². The molecular weight excluding hydrogens is 646 g/mol. The van der Waals surface area contributed by atoms with E-state index in [2.05, 4.69) is 21.3 Å². The highest BCUT2D eigenvalue weighted by molar-refractivity contribution is 7.80. The van der Waals surface area contributed by atoms with Gasteiger partial charge < -0.3 is 45.3 Å². The number of carbonyl (C=O) groups is 2. The summed E-state index contributed by atoms with van der Waals surface area (Å²) in [5.74, 6) is 0.944. The molecule has 0 radical (unpaired) electrons. The summed E-state index contributed by atoms with van der Waals surface area (Å²) in [6.07, 6.45) is 0.0445. The van der Waals surface area contributed by atoms with Gasteiger partial charge in [-0.1, -0.05) is 18.2 Å². The van der Waals surface area contributed by atoms with Crippen LogP contribution in [0, 0.1) is 0 Å². The second kappa shape index (κ2) is 11.9. The van der Waals surface area contributed by atoms with E-state index in [0.717, 1.165) is 11.3 Å². The number of hydrogen-bond acceptors (Lipinski definition) is 10. The summed E-state index contributed by atoms with van der Waals surface area (Å²) in [4.78, 5) is 27.7. The Hall–Kier alpha value is -5.37. The number of aromatic hydroxyl groups is 2. The van der Waals surface area contributed by atoms with Crippen LogP contribution in [0.1, 0.15) is 45.6 Å². The van der Waals surface area contributed by atoms with E-state index in [1.165, 1.54) is 24.3 Å². The van der Waals surface area contributed by atoms with Gasteiger partial charge >= 0.3 is 5.97 Å². The van der Waals surface area contributed by atoms with Crippen molar-refractivity contribution in [1.29, 1.82) is 0 Å². The molecule has 0 bridgehead atoms. The van der Waals surface area contributed by atoms with Crippen molar-refractivity contribution in [3.05, 3.63) is 107 Å². The molecule has 49 heavy (non-hydrogen) atoms. The van der Waals surface area contributed by atoms with E-state index in [4.69, 9.17) is 26.4 Å². The molecule has 3 atom stereocenters. The number of amides is 1. The lowest BCUT2D eigenvalue weighted by Gasteiger charge is -2.36. The molecule has 0 aromatic heterocycles. The molecule has 6 N–H and O–H groups in total. The quantitative estimate of drug-likeness (QED) is 0.0998. The number of hydrogen-bond donors (Lipinski definition) is 6. The van der Waals surface area contributed by atoms with Crippen LogP contribution in [0.15, 0.2) is 78.9 Å². The highest BCUT2D eigenvalue weighted by Gasteiger charge is 2.53. The van der Waals surface area contributed by atoms with Gasteiger partial charge in [0, 0.05) is 47.6 Å². The Kier molecular flexibility index (Phi) is 7.54. The molecule has 3 unspecified atom stereocenters. The fourth-order valence-corrected chi connectivity index (χ4v) is 7.29. The summed E-state index contributed by atoms with van der Waals surface area (Å²) < 4.78 is 18.1. The van der Waals surface area contributed by atoms with Crippen molar-refractivity contribution in [3.8, 4) is 28.7 Å². The Morgan fingerprint density at radius 1 is 0.980 bits per heavy atom. The smallest absolute Gasteiger partial charge is 0.340 e. The van der Waals surface area contributed by atoms with Gasteiger partial charge in [-0.05, 0) is 73.2 Å². The van der Waals surface area contributed by atoms with Crippen LogP contribution in [0.4, 0.5) is 5.69 Å². The van der Waals surface area contributed by atoms with Crippen molar-refractivity contribution < 1.29 is 34.0 Å². The van der Waals surface area contributed by atoms with E-state index in [9.17, 15) is 19.8 Å². The van der Waals surface area contributed by atoms with Crippen molar-refractivity contribution in [2.24, 2.45) is 0 Å². The highest BCUT2D eigenvalue weighted by atomic mass is 32.1. The Morgan fingerprint density at radius 3 is 2.39 bits per heavy atom. The molecule has 2 fully saturated rings. The number of ether oxygens (including phenoxy) is 3. The maximum Gasteiger partial charge on any atom is 0.340 e. The Labute approximate surface area is 287 Å². The number of rotatable bonds is 6. The van der Waals surface area contributed by atoms with Gasteiger partial charge in [0.1, 0.15) is 35.4 Å². The normalized spacial score (nSPS) is 21.2. The summed E-state index contributed by atoms with van der Waals surface area (Å²) in [7, 11) is 0. The third-order valence-corrected chi connectivity index (χ3v) is 9.63. The average molecular weight is 680 g/mol. The van der Waals surface area contributed by atoms with E-state index in [-0.39, 0.29) is 35.7 Å². The molecule has 4 aliphatic heterocycles. The van der Waals surface area contributed by atoms with Crippen molar-refractivity contribution in [3.63, 3.8) is 0 Å². The number of phenols is 2. The van der Waals surface area contributed by atoms with Gasteiger partial charge in [0.15, 0.2) is 10.7 Å². The number of thiocarbonyl (C=S) groups is 1. The molecular formula is C36H33N5O7S. The second-order valence-electron chi connectivity index (χ2n) is 12.4. The first-order valence-electron chi connectivity index (χ1n) is 16.0. The molecule has 12 nitrogen and oxygen atoms in total. The third kappa shape index (κ3) is 5.36. The molecule has 13 heteroatoms. The van der Waals surface area contributed by atoms with Crippen molar-refractivity contribution in [1.82, 2.24) is 20.9 Å². The number of fused-ring (bicyclic) bond motifs is 7. The fourth-order valence-electron chi connectivity index (χ4n) is 7.07. The van der Waals surface area contributed by atoms with Crippen molar-refractivity contribution in [2.45, 2.75) is 30.8 Å². The lowest BCUT2D eigenvalue weighted by atomic mass is 9.77. The predicted octanol–water partition coefficient (Wildman–Crippen LogP) is 3.82. The van der Waals surface area contributed by atoms with E-state index in [0.29, 0.717) is 70.8 Å². The summed E-state index contributed by atoms with van der Waals surface area (Å²) in [5, 5.41) is 33.7. The maximum atomic E-state index is 13.4. The predicted molar refractivity (Wildman–Crippen MR) is 183 cm³/mol. The molecule has 2 saturated heterocycles. The zero-order valence-corrected chi connectivity index (χ0v) is 27.2. The first-order chi connectivity index (χ1) is 23.7. The monoisotopic (exact) mass is 679 g/mol. The Morgan fingerprint density at radius 2 is 1.67 bits per heavy atom. The van der Waals surface area contributed by atoms with Crippen LogP contribution in [0.3, 0.4) is 0 Å². The number of phenolic OH excluding ortho intramolecular Hbond substituents is 2. The SMILES string of the molecule is CC1NC2CNC(c3ccc(OCCNC(=S)Nc4ccc5c(c4)C(=O)OC54c5ccc(O)cc5Oc5cc(O)ccc54)cc3)CN2C1=O. The van der Waals surface area contributed by atoms with Crippen LogP contribution < -0.4 is 30.7 Å². The molecule has 8 rings (SSSR count). The maximum absolute atomic E-state index is 13.4. The average Bonchev–Trinajstić information content (AvgIpc) is 3.54. The van der Waals surface area contributed by atoms with Crippen molar-refractivity contribution in [2.75, 3.05) is 31.6 Å². The van der Waals surface area contributed by atoms with E-state index in [1.807, 2.05) is 42.2 Å². The van der Waals surface area contributed by atoms with Crippen LogP contribution in [-0.2, 0) is 15.1 Å². The zero-order chi connectivity index (χ0) is 33.9. The van der Waals surface area contributed by atoms with Crippen molar-refractivity contribution >= 4 is 34.9 Å². The van der Waals surface area contributed by atoms with Crippen LogP contribution >= 0.6 is 12.2 Å². The minimum atomic E-state index is -1.33. The number of esters is 1. The van der Waals surface area contributed by atoms with E-state index < -0.39 is 11.6 Å². The summed E-state index contributed by atoms with van der Waals surface area (Å²) >= 11 is 5.51. The molecule has 250 valence electrons. The minimum Gasteiger partial charge on any atom is -0.508 e. The summed E-state index contributed by atoms with van der Waals surface area (Å²) in [5.41, 5.74) is 2.41. The molecule has 4 aromatic carbocycles. The molecule has 4 aromatic rings. The van der Waals surface area contributed by atoms with Gasteiger partial charge in [-0.15, -0.1) is 0 Å². The number of carbonyl (C=O) groups excluding carboxylic acids is 2. The lowest BCUT2D eigenvalue weighted by Crippen LogP contribution is -2.54. The van der Waals surface area contributed by atoms with E-state index in [1.54, 1.807) is 24.3 Å². The van der Waals surface area contributed by atoms with E-state index >= 15 is 0 Å². The van der Waals surface area contributed by atoms with Gasteiger partial charge in [0.25, 0.3) is 0 Å². The molecule has 1 amide bonds. The number of nitrogens with zero attached hydrogens (tertiary/aromatic N) is 1. The standard InChI is InChI=1S/C36H33N5O7S/c1-19-33(44)41-18-29(38-17-32(41)39-19)20-2-7-24(8-3-20)46-13-12-37-35(49)40-21-4-9-26-25(14-21)34(45)48-36(26)27-10-5-22(42)15-30(27)47-31-16-23(43)6-11-28(31)36/h2-11,14-16,19,29,32,38-39,42-43H,12-13,17-18H2,1H3,(H2,37,40,49). The summed E-state index contributed by atoms with van der Waals surface area (Å²) in [6, 6.07) is 22.3. The first kappa shape index (κ1) is 30.9. The highest BCUT2D eigenvalue weighted by Crippen LogP contribution is 2.57. The summed E-state index contributed by atoms with van der Waals surface area (Å²) in [6.45, 7) is 4.01. The van der Waals surface area contributed by atoms with Crippen LogP contribution in [0.5, 0.6) is 28.7 Å². The zero-order valence-electron chi connectivity index (χ0n) is 26.4. The largest absolute Gasteiger partial charge is 0.508 e. The molecule has 4 aliphatic rings. The molecule has 1 spiro atoms. The molecule has 0 saturated carbocycles. The van der Waals surface area contributed by atoms with Crippen LogP contribution in [0.2, 0.25) is 0 Å². The van der Waals surface area contributed by atoms with Gasteiger partial charge in [0.05, 0.1) is 30.4 Å². The second-order valence-corrected chi connectivity index (χ2v) is 12.9. The number of benzene rings is 4. The Balaban J connectivity index is 0.895. The first-order valence-corrected chi connectivity index (χ1v) is 16.4. The van der Waals surface area contributed by atoms with Gasteiger partial charge in [-0.25, -0.2) is 4.79 Å². The van der Waals surface area contributed by atoms with Gasteiger partial charge in [-0.2, -0.15) is 0 Å². The van der Waals surface area contributed by atoms with Gasteiger partial charge in [-0.3, -0.25) is 10.1 Å². The number of nitrogens with one attached hydrogen (secondary N) is 4. The van der Waals surface area contributed by atoms with Crippen LogP contribution in [-0.4, -0.2) is 70.6 Å². The third-order valence-electron chi connectivity index (χ3n) is 9.38. The lowest BCUT2D eigenvalue weighted by molar-refractivity contribution is -0.130. The fraction of sp³-hybridized carbons (Fsp3) is 0.250.